The van der Waals surface area contributed by atoms with Gasteiger partial charge in [-0.2, -0.15) is 0 Å². The predicted octanol–water partition coefficient (Wildman–Crippen LogP) is 2.69. The molecule has 0 aliphatic carbocycles. The molecule has 0 saturated carbocycles. The first-order valence-corrected chi connectivity index (χ1v) is 6.69. The summed E-state index contributed by atoms with van der Waals surface area (Å²) >= 11 is 1.70. The third-order valence-electron chi connectivity index (χ3n) is 2.23. The average Bonchev–Trinajstić information content (AvgIpc) is 2.28. The lowest BCUT2D eigenvalue weighted by atomic mass is 10.2. The van der Waals surface area contributed by atoms with Crippen molar-refractivity contribution >= 4 is 30.1 Å². The van der Waals surface area contributed by atoms with Gasteiger partial charge in [-0.3, -0.25) is 4.79 Å². The number of carbonyl (C=O) groups is 1. The maximum Gasteiger partial charge on any atom is 0.252 e. The minimum atomic E-state index is -0.0494. The van der Waals surface area contributed by atoms with E-state index in [1.165, 1.54) is 0 Å². The van der Waals surface area contributed by atoms with Gasteiger partial charge in [-0.1, -0.05) is 26.0 Å². The highest BCUT2D eigenvalue weighted by molar-refractivity contribution is 8.00. The third kappa shape index (κ3) is 5.29. The monoisotopic (exact) mass is 288 g/mol. The topological polar surface area (TPSA) is 55.1 Å². The van der Waals surface area contributed by atoms with Crippen molar-refractivity contribution in [3.63, 3.8) is 0 Å². The molecule has 0 fully saturated rings. The van der Waals surface area contributed by atoms with Crippen molar-refractivity contribution < 1.29 is 4.79 Å². The molecule has 0 aliphatic heterocycles. The Balaban J connectivity index is 0.00000289. The van der Waals surface area contributed by atoms with Crippen LogP contribution in [0.15, 0.2) is 29.2 Å². The minimum absolute atomic E-state index is 0. The molecule has 0 unspecified atom stereocenters. The Labute approximate surface area is 119 Å². The molecule has 1 atom stereocenters. The van der Waals surface area contributed by atoms with E-state index in [4.69, 9.17) is 5.73 Å². The summed E-state index contributed by atoms with van der Waals surface area (Å²) < 4.78 is 0. The Morgan fingerprint density at radius 2 is 1.94 bits per heavy atom. The molecule has 102 valence electrons. The van der Waals surface area contributed by atoms with Crippen LogP contribution in [-0.2, 0) is 0 Å². The number of halogens is 1. The van der Waals surface area contributed by atoms with Gasteiger partial charge in [0.1, 0.15) is 0 Å². The van der Waals surface area contributed by atoms with Gasteiger partial charge in [-0.05, 0) is 19.1 Å². The van der Waals surface area contributed by atoms with E-state index in [1.807, 2.05) is 31.2 Å². The van der Waals surface area contributed by atoms with Gasteiger partial charge in [0.05, 0.1) is 5.56 Å². The van der Waals surface area contributed by atoms with Gasteiger partial charge in [0.2, 0.25) is 0 Å². The largest absolute Gasteiger partial charge is 0.348 e. The van der Waals surface area contributed by atoms with Crippen molar-refractivity contribution in [2.24, 2.45) is 5.73 Å². The third-order valence-corrected chi connectivity index (χ3v) is 3.31. The zero-order valence-electron chi connectivity index (χ0n) is 11.0. The van der Waals surface area contributed by atoms with E-state index >= 15 is 0 Å². The Kier molecular flexibility index (Phi) is 8.07. The normalized spacial score (nSPS) is 11.8. The second kappa shape index (κ2) is 8.40. The van der Waals surface area contributed by atoms with Crippen LogP contribution in [0.25, 0.3) is 0 Å². The zero-order chi connectivity index (χ0) is 12.8. The van der Waals surface area contributed by atoms with E-state index in [1.54, 1.807) is 11.8 Å². The molecule has 0 radical (unpaired) electrons. The van der Waals surface area contributed by atoms with Crippen molar-refractivity contribution in [1.29, 1.82) is 0 Å². The van der Waals surface area contributed by atoms with Crippen molar-refractivity contribution in [2.75, 3.05) is 6.54 Å². The Morgan fingerprint density at radius 3 is 2.50 bits per heavy atom. The van der Waals surface area contributed by atoms with E-state index in [0.717, 1.165) is 10.5 Å². The highest BCUT2D eigenvalue weighted by Gasteiger charge is 2.13. The zero-order valence-corrected chi connectivity index (χ0v) is 12.6. The number of amides is 1. The summed E-state index contributed by atoms with van der Waals surface area (Å²) in [4.78, 5) is 13.1. The lowest BCUT2D eigenvalue weighted by Crippen LogP contribution is -2.38. The standard InChI is InChI=1S/C13H20N2OS.ClH/c1-9(2)17-12-7-5-4-6-11(12)13(16)15-10(3)8-14;/h4-7,9-10H,8,14H2,1-3H3,(H,15,16);1H/t10-;/m0./s1. The number of carbonyl (C=O) groups excluding carboxylic acids is 1. The molecule has 1 amide bonds. The first-order chi connectivity index (χ1) is 8.04. The van der Waals surface area contributed by atoms with Gasteiger partial charge < -0.3 is 11.1 Å². The lowest BCUT2D eigenvalue weighted by Gasteiger charge is -2.14. The molecule has 5 heteroatoms. The van der Waals surface area contributed by atoms with Crippen LogP contribution in [0.3, 0.4) is 0 Å². The molecule has 1 aromatic rings. The van der Waals surface area contributed by atoms with Crippen LogP contribution in [0.5, 0.6) is 0 Å². The fourth-order valence-electron chi connectivity index (χ4n) is 1.37. The SMILES string of the molecule is CC(C)Sc1ccccc1C(=O)N[C@@H](C)CN.Cl. The number of benzene rings is 1. The Morgan fingerprint density at radius 1 is 1.33 bits per heavy atom. The van der Waals surface area contributed by atoms with Crippen LogP contribution >= 0.6 is 24.2 Å². The maximum atomic E-state index is 12.0. The van der Waals surface area contributed by atoms with Crippen LogP contribution < -0.4 is 11.1 Å². The molecule has 0 aromatic heterocycles. The lowest BCUT2D eigenvalue weighted by molar-refractivity contribution is 0.0938. The number of thioether (sulfide) groups is 1. The highest BCUT2D eigenvalue weighted by atomic mass is 35.5. The van der Waals surface area contributed by atoms with Gasteiger partial charge >= 0.3 is 0 Å². The molecule has 3 N–H and O–H groups in total. The van der Waals surface area contributed by atoms with Crippen LogP contribution in [0.1, 0.15) is 31.1 Å². The molecule has 3 nitrogen and oxygen atoms in total. The second-order valence-corrected chi connectivity index (χ2v) is 5.89. The van der Waals surface area contributed by atoms with Crippen molar-refractivity contribution in [3.05, 3.63) is 29.8 Å². The van der Waals surface area contributed by atoms with Gasteiger partial charge in [0.25, 0.3) is 5.91 Å². The number of nitrogens with two attached hydrogens (primary N) is 1. The van der Waals surface area contributed by atoms with Gasteiger partial charge in [-0.15, -0.1) is 24.2 Å². The number of rotatable bonds is 5. The van der Waals surface area contributed by atoms with Gasteiger partial charge in [-0.25, -0.2) is 0 Å². The molecule has 18 heavy (non-hydrogen) atoms. The predicted molar refractivity (Wildman–Crippen MR) is 80.7 cm³/mol. The van der Waals surface area contributed by atoms with Crippen molar-refractivity contribution in [3.8, 4) is 0 Å². The molecule has 1 aromatic carbocycles. The molecular weight excluding hydrogens is 268 g/mol. The van der Waals surface area contributed by atoms with Gasteiger partial charge in [0, 0.05) is 22.7 Å². The summed E-state index contributed by atoms with van der Waals surface area (Å²) in [5.74, 6) is -0.0494. The highest BCUT2D eigenvalue weighted by Crippen LogP contribution is 2.26. The summed E-state index contributed by atoms with van der Waals surface area (Å²) in [6.45, 7) is 6.57. The number of hydrogen-bond acceptors (Lipinski definition) is 3. The maximum absolute atomic E-state index is 12.0. The van der Waals surface area contributed by atoms with Crippen LogP contribution in [0.4, 0.5) is 0 Å². The molecule has 0 bridgehead atoms. The molecule has 0 spiro atoms. The summed E-state index contributed by atoms with van der Waals surface area (Å²) in [5.41, 5.74) is 6.23. The van der Waals surface area contributed by atoms with E-state index < -0.39 is 0 Å². The van der Waals surface area contributed by atoms with Crippen LogP contribution in [0, 0.1) is 0 Å². The first-order valence-electron chi connectivity index (χ1n) is 5.81. The minimum Gasteiger partial charge on any atom is -0.348 e. The second-order valence-electron chi connectivity index (χ2n) is 4.27. The Hall–Kier alpha value is -0.710. The number of nitrogens with one attached hydrogen (secondary N) is 1. The Bertz CT molecular complexity index is 385. The van der Waals surface area contributed by atoms with E-state index in [0.29, 0.717) is 11.8 Å². The van der Waals surface area contributed by atoms with Gasteiger partial charge in [0.15, 0.2) is 0 Å². The van der Waals surface area contributed by atoms with E-state index in [-0.39, 0.29) is 24.4 Å². The van der Waals surface area contributed by atoms with Crippen molar-refractivity contribution in [2.45, 2.75) is 37.0 Å². The average molecular weight is 289 g/mol. The van der Waals surface area contributed by atoms with Crippen LogP contribution in [-0.4, -0.2) is 23.7 Å². The first kappa shape index (κ1) is 17.3. The fourth-order valence-corrected chi connectivity index (χ4v) is 2.32. The van der Waals surface area contributed by atoms with E-state index in [2.05, 4.69) is 19.2 Å². The summed E-state index contributed by atoms with van der Waals surface area (Å²) in [5, 5.41) is 3.34. The summed E-state index contributed by atoms with van der Waals surface area (Å²) in [7, 11) is 0. The fraction of sp³-hybridized carbons (Fsp3) is 0.462. The molecule has 0 saturated heterocycles. The van der Waals surface area contributed by atoms with E-state index in [9.17, 15) is 4.79 Å². The molecular formula is C13H21ClN2OS. The molecule has 1 rings (SSSR count). The van der Waals surface area contributed by atoms with Crippen molar-refractivity contribution in [1.82, 2.24) is 5.32 Å². The summed E-state index contributed by atoms with van der Waals surface area (Å²) in [6.07, 6.45) is 0. The number of hydrogen-bond donors (Lipinski definition) is 2. The molecule has 0 heterocycles. The molecule has 0 aliphatic rings. The van der Waals surface area contributed by atoms with Crippen LogP contribution in [0.2, 0.25) is 0 Å². The summed E-state index contributed by atoms with van der Waals surface area (Å²) in [6, 6.07) is 7.66. The smallest absolute Gasteiger partial charge is 0.252 e. The quantitative estimate of drug-likeness (QED) is 0.819.